The minimum absolute atomic E-state index is 0.120. The molecule has 1 rings (SSSR count). The number of rotatable bonds is 56. The number of carbonyl (C=O) groups is 2. The van der Waals surface area contributed by atoms with E-state index in [4.69, 9.17) is 14.2 Å². The lowest BCUT2D eigenvalue weighted by atomic mass is 9.99. The Bertz CT molecular complexity index is 1510. The zero-order valence-electron chi connectivity index (χ0n) is 51.0. The lowest BCUT2D eigenvalue weighted by molar-refractivity contribution is -0.305. The van der Waals surface area contributed by atoms with Crippen molar-refractivity contribution in [3.8, 4) is 0 Å². The van der Waals surface area contributed by atoms with Gasteiger partial charge in [-0.25, -0.2) is 0 Å². The van der Waals surface area contributed by atoms with Gasteiger partial charge in [0.15, 0.2) is 12.4 Å². The van der Waals surface area contributed by atoms with Gasteiger partial charge in [-0.05, 0) is 89.9 Å². The van der Waals surface area contributed by atoms with Crippen LogP contribution in [0.15, 0.2) is 60.8 Å². The van der Waals surface area contributed by atoms with Crippen LogP contribution in [0, 0.1) is 0 Å². The first kappa shape index (κ1) is 74.4. The van der Waals surface area contributed by atoms with E-state index in [0.29, 0.717) is 12.8 Å². The molecule has 460 valence electrons. The van der Waals surface area contributed by atoms with E-state index < -0.39 is 67.4 Å². The normalized spacial score (nSPS) is 19.2. The van der Waals surface area contributed by atoms with E-state index in [1.807, 2.05) is 6.08 Å². The SMILES string of the molecule is CCCCC/C=C\C/C=C\CCCCCCCCCCCCCC(=O)OC1C(OCC(NC(=O)C(O)CCCCCCCC/C=C\C/C=C\CCCCC)C(O)/C=C/CCCCCCCCCCCCC)OC(CO)C(O)C1O. The van der Waals surface area contributed by atoms with Crippen LogP contribution in [0.25, 0.3) is 0 Å². The van der Waals surface area contributed by atoms with Gasteiger partial charge in [-0.1, -0.05) is 261 Å². The largest absolute Gasteiger partial charge is 0.454 e. The molecule has 1 fully saturated rings. The molecule has 8 unspecified atom stereocenters. The van der Waals surface area contributed by atoms with Crippen LogP contribution in [0.2, 0.25) is 0 Å². The number of nitrogens with one attached hydrogen (secondary N) is 1. The van der Waals surface area contributed by atoms with Gasteiger partial charge in [0.1, 0.15) is 24.4 Å². The molecule has 11 heteroatoms. The number of aliphatic hydroxyl groups is 5. The van der Waals surface area contributed by atoms with Gasteiger partial charge in [-0.3, -0.25) is 9.59 Å². The summed E-state index contributed by atoms with van der Waals surface area (Å²) in [6.45, 7) is 5.76. The molecule has 79 heavy (non-hydrogen) atoms. The highest BCUT2D eigenvalue weighted by Gasteiger charge is 2.47. The third-order valence-electron chi connectivity index (χ3n) is 15.4. The molecule has 0 bridgehead atoms. The highest BCUT2D eigenvalue weighted by atomic mass is 16.7. The van der Waals surface area contributed by atoms with Crippen LogP contribution < -0.4 is 5.32 Å². The zero-order valence-corrected chi connectivity index (χ0v) is 51.0. The first-order chi connectivity index (χ1) is 38.7. The Morgan fingerprint density at radius 1 is 0.494 bits per heavy atom. The summed E-state index contributed by atoms with van der Waals surface area (Å²) in [6.07, 6.45) is 59.6. The van der Waals surface area contributed by atoms with Gasteiger partial charge < -0.3 is 45.1 Å². The highest BCUT2D eigenvalue weighted by Crippen LogP contribution is 2.26. The lowest BCUT2D eigenvalue weighted by Gasteiger charge is -2.41. The summed E-state index contributed by atoms with van der Waals surface area (Å²) >= 11 is 0. The fourth-order valence-electron chi connectivity index (χ4n) is 10.1. The number of hydrogen-bond donors (Lipinski definition) is 6. The van der Waals surface area contributed by atoms with E-state index in [0.717, 1.165) is 89.9 Å². The van der Waals surface area contributed by atoms with Crippen molar-refractivity contribution in [2.75, 3.05) is 13.2 Å². The summed E-state index contributed by atoms with van der Waals surface area (Å²) in [6, 6.07) is -1.03. The maximum absolute atomic E-state index is 13.4. The second-order valence-electron chi connectivity index (χ2n) is 22.8. The van der Waals surface area contributed by atoms with E-state index in [1.165, 1.54) is 161 Å². The number of amides is 1. The lowest BCUT2D eigenvalue weighted by Crippen LogP contribution is -2.61. The number of unbranched alkanes of at least 4 members (excludes halogenated alkanes) is 34. The van der Waals surface area contributed by atoms with E-state index in [2.05, 4.69) is 74.7 Å². The number of allylic oxidation sites excluding steroid dienone is 9. The predicted octanol–water partition coefficient (Wildman–Crippen LogP) is 16.2. The molecular weight excluding hydrogens is 991 g/mol. The summed E-state index contributed by atoms with van der Waals surface area (Å²) in [7, 11) is 0. The van der Waals surface area contributed by atoms with Crippen molar-refractivity contribution in [2.24, 2.45) is 0 Å². The summed E-state index contributed by atoms with van der Waals surface area (Å²) in [4.78, 5) is 26.6. The number of ether oxygens (including phenoxy) is 3. The first-order valence-corrected chi connectivity index (χ1v) is 33.1. The van der Waals surface area contributed by atoms with Crippen molar-refractivity contribution in [1.82, 2.24) is 5.32 Å². The molecule has 1 aliphatic heterocycles. The second-order valence-corrected chi connectivity index (χ2v) is 22.8. The summed E-state index contributed by atoms with van der Waals surface area (Å²) < 4.78 is 17.7. The van der Waals surface area contributed by atoms with E-state index in [-0.39, 0.29) is 19.4 Å². The van der Waals surface area contributed by atoms with Crippen LogP contribution in [0.1, 0.15) is 297 Å². The van der Waals surface area contributed by atoms with Crippen molar-refractivity contribution >= 4 is 11.9 Å². The molecule has 0 aromatic heterocycles. The van der Waals surface area contributed by atoms with E-state index in [9.17, 15) is 35.1 Å². The molecule has 11 nitrogen and oxygen atoms in total. The van der Waals surface area contributed by atoms with Gasteiger partial charge in [-0.2, -0.15) is 0 Å². The van der Waals surface area contributed by atoms with Crippen molar-refractivity contribution < 1.29 is 49.3 Å². The second kappa shape index (κ2) is 55.9. The van der Waals surface area contributed by atoms with E-state index in [1.54, 1.807) is 6.08 Å². The monoisotopic (exact) mass is 1110 g/mol. The third-order valence-corrected chi connectivity index (χ3v) is 15.4. The molecule has 6 N–H and O–H groups in total. The Morgan fingerprint density at radius 3 is 1.32 bits per heavy atom. The Balaban J connectivity index is 2.65. The standard InChI is InChI=1S/C68H123NO10/c1-4-7-10-13-16-19-22-25-27-29-30-31-32-33-35-38-41-44-47-50-53-56-63(73)79-66-65(75)64(74)62(57-70)78-68(66)77-58-59(60(71)54-51-48-45-42-39-36-24-21-18-15-12-9-6-3)69-67(76)61(72)55-52-49-46-43-40-37-34-28-26-23-20-17-14-11-8-5-2/h16-17,19-20,25-28,51,54,59-62,64-66,68,70-72,74-75H,4-15,18,21-24,29-50,52-53,55-58H2,1-3H3,(H,69,76)/b19-16-,20-17-,27-25-,28-26-,54-51+. The minimum Gasteiger partial charge on any atom is -0.454 e. The van der Waals surface area contributed by atoms with Crippen molar-refractivity contribution in [1.29, 1.82) is 0 Å². The van der Waals surface area contributed by atoms with Crippen molar-refractivity contribution in [3.63, 3.8) is 0 Å². The maximum atomic E-state index is 13.4. The first-order valence-electron chi connectivity index (χ1n) is 33.1. The molecule has 1 saturated heterocycles. The predicted molar refractivity (Wildman–Crippen MR) is 329 cm³/mol. The quantitative estimate of drug-likeness (QED) is 0.0195. The fraction of sp³-hybridized carbons (Fsp3) is 0.824. The molecular formula is C68H123NO10. The van der Waals surface area contributed by atoms with Crippen LogP contribution in [-0.4, -0.2) is 99.6 Å². The van der Waals surface area contributed by atoms with Crippen LogP contribution >= 0.6 is 0 Å². The average Bonchev–Trinajstić information content (AvgIpc) is 3.49. The topological polar surface area (TPSA) is 175 Å². The Labute approximate surface area is 484 Å². The highest BCUT2D eigenvalue weighted by molar-refractivity contribution is 5.80. The van der Waals surface area contributed by atoms with Crippen molar-refractivity contribution in [2.45, 2.75) is 346 Å². The average molecular weight is 1110 g/mol. The summed E-state index contributed by atoms with van der Waals surface area (Å²) in [5, 5.41) is 57.1. The van der Waals surface area contributed by atoms with Crippen LogP contribution in [0.5, 0.6) is 0 Å². The molecule has 1 heterocycles. The Morgan fingerprint density at radius 2 is 0.873 bits per heavy atom. The van der Waals surface area contributed by atoms with Crippen LogP contribution in [-0.2, 0) is 23.8 Å². The van der Waals surface area contributed by atoms with Gasteiger partial charge in [-0.15, -0.1) is 0 Å². The van der Waals surface area contributed by atoms with Crippen LogP contribution in [0.3, 0.4) is 0 Å². The number of hydrogen-bond acceptors (Lipinski definition) is 10. The van der Waals surface area contributed by atoms with Crippen LogP contribution in [0.4, 0.5) is 0 Å². The molecule has 1 amide bonds. The molecule has 0 radical (unpaired) electrons. The molecule has 0 aromatic rings. The zero-order chi connectivity index (χ0) is 57.5. The number of esters is 1. The number of aliphatic hydroxyl groups excluding tert-OH is 5. The summed E-state index contributed by atoms with van der Waals surface area (Å²) in [5.74, 6) is -1.20. The maximum Gasteiger partial charge on any atom is 0.306 e. The Hall–Kier alpha value is -2.64. The summed E-state index contributed by atoms with van der Waals surface area (Å²) in [5.41, 5.74) is 0. The van der Waals surface area contributed by atoms with Gasteiger partial charge in [0, 0.05) is 6.42 Å². The fourth-order valence-corrected chi connectivity index (χ4v) is 10.1. The minimum atomic E-state index is -1.62. The van der Waals surface area contributed by atoms with Crippen molar-refractivity contribution in [3.05, 3.63) is 60.8 Å². The van der Waals surface area contributed by atoms with Gasteiger partial charge in [0.05, 0.1) is 25.4 Å². The van der Waals surface area contributed by atoms with Gasteiger partial charge >= 0.3 is 5.97 Å². The molecule has 0 aliphatic carbocycles. The molecule has 0 spiro atoms. The molecule has 8 atom stereocenters. The van der Waals surface area contributed by atoms with Gasteiger partial charge in [0.25, 0.3) is 0 Å². The number of carbonyl (C=O) groups excluding carboxylic acids is 2. The third kappa shape index (κ3) is 43.7. The molecule has 1 aliphatic rings. The van der Waals surface area contributed by atoms with Gasteiger partial charge in [0.2, 0.25) is 5.91 Å². The molecule has 0 aromatic carbocycles. The van der Waals surface area contributed by atoms with E-state index >= 15 is 0 Å². The smallest absolute Gasteiger partial charge is 0.306 e. The Kier molecular flexibility index (Phi) is 52.6. The molecule has 0 saturated carbocycles.